The Morgan fingerprint density at radius 2 is 2.08 bits per heavy atom. The fourth-order valence-corrected chi connectivity index (χ4v) is 4.42. The summed E-state index contributed by atoms with van der Waals surface area (Å²) in [5, 5.41) is 11.4. The summed E-state index contributed by atoms with van der Waals surface area (Å²) < 4.78 is 0. The van der Waals surface area contributed by atoms with Gasteiger partial charge in [-0.05, 0) is 30.7 Å². The number of aromatic nitrogens is 2. The number of benzene rings is 1. The fraction of sp³-hybridized carbons (Fsp3) is 0.444. The van der Waals surface area contributed by atoms with Crippen molar-refractivity contribution in [3.05, 3.63) is 52.3 Å². The molecule has 0 amide bonds. The molecule has 0 unspecified atom stereocenters. The van der Waals surface area contributed by atoms with Crippen molar-refractivity contribution >= 4 is 11.8 Å². The third kappa shape index (κ3) is 2.47. The summed E-state index contributed by atoms with van der Waals surface area (Å²) in [6.45, 7) is 1.49. The van der Waals surface area contributed by atoms with E-state index in [1.54, 1.807) is 0 Å². The normalized spacial score (nSPS) is 29.5. The van der Waals surface area contributed by atoms with Crippen LogP contribution in [0.2, 0.25) is 0 Å². The molecule has 0 radical (unpaired) electrons. The van der Waals surface area contributed by atoms with Gasteiger partial charge < -0.3 is 15.7 Å². The molecule has 1 aliphatic carbocycles. The molecular weight excluding hydrogens is 304 g/mol. The van der Waals surface area contributed by atoms with E-state index < -0.39 is 5.60 Å². The average molecular weight is 326 g/mol. The van der Waals surface area contributed by atoms with Crippen molar-refractivity contribution in [2.75, 3.05) is 23.7 Å². The molecule has 1 saturated carbocycles. The van der Waals surface area contributed by atoms with Crippen molar-refractivity contribution in [2.24, 2.45) is 11.8 Å². The molecule has 2 aliphatic rings. The van der Waals surface area contributed by atoms with Crippen LogP contribution in [0.25, 0.3) is 0 Å². The van der Waals surface area contributed by atoms with E-state index in [-0.39, 0.29) is 17.4 Å². The summed E-state index contributed by atoms with van der Waals surface area (Å²) in [6.07, 6.45) is 2.87. The van der Waals surface area contributed by atoms with E-state index in [9.17, 15) is 9.90 Å². The van der Waals surface area contributed by atoms with Crippen LogP contribution in [0.3, 0.4) is 0 Å². The second-order valence-corrected chi connectivity index (χ2v) is 6.94. The average Bonchev–Trinajstić information content (AvgIpc) is 3.01. The zero-order valence-corrected chi connectivity index (χ0v) is 13.5. The maximum Gasteiger partial charge on any atom is 0.254 e. The van der Waals surface area contributed by atoms with Crippen molar-refractivity contribution in [3.8, 4) is 0 Å². The third-order valence-electron chi connectivity index (χ3n) is 5.53. The Balaban J connectivity index is 1.66. The highest BCUT2D eigenvalue weighted by Crippen LogP contribution is 2.48. The standard InChI is InChI=1S/C18H22N4O2/c19-17-20-15(9-16(23)21-17)22-10-12-5-4-8-18(24,14(12)11-22)13-6-2-1-3-7-13/h1-3,6-7,9,12,14,24H,4-5,8,10-11H2,(H3,19,20,21,23)/t12-,14+,18+/m0/s1. The monoisotopic (exact) mass is 326 g/mol. The molecule has 2 fully saturated rings. The van der Waals surface area contributed by atoms with Crippen LogP contribution in [0, 0.1) is 11.8 Å². The lowest BCUT2D eigenvalue weighted by atomic mass is 9.67. The van der Waals surface area contributed by atoms with E-state index in [2.05, 4.69) is 14.9 Å². The van der Waals surface area contributed by atoms with Gasteiger partial charge in [0.1, 0.15) is 5.82 Å². The lowest BCUT2D eigenvalue weighted by molar-refractivity contribution is -0.0631. The Hall–Kier alpha value is -2.34. The highest BCUT2D eigenvalue weighted by atomic mass is 16.3. The van der Waals surface area contributed by atoms with E-state index in [1.807, 2.05) is 30.3 Å². The maximum atomic E-state index is 11.7. The first kappa shape index (κ1) is 15.2. The largest absolute Gasteiger partial charge is 0.385 e. The Morgan fingerprint density at radius 3 is 2.83 bits per heavy atom. The highest BCUT2D eigenvalue weighted by Gasteiger charge is 2.49. The topological polar surface area (TPSA) is 95.2 Å². The number of anilines is 2. The molecular formula is C18H22N4O2. The zero-order valence-electron chi connectivity index (χ0n) is 13.5. The number of aliphatic hydroxyl groups is 1. The van der Waals surface area contributed by atoms with E-state index in [0.717, 1.165) is 31.4 Å². The number of hydrogen-bond donors (Lipinski definition) is 3. The summed E-state index contributed by atoms with van der Waals surface area (Å²) in [5.41, 5.74) is 5.60. The fourth-order valence-electron chi connectivity index (χ4n) is 4.42. The van der Waals surface area contributed by atoms with Crippen LogP contribution in [0.15, 0.2) is 41.2 Å². The summed E-state index contributed by atoms with van der Waals surface area (Å²) in [4.78, 5) is 20.5. The smallest absolute Gasteiger partial charge is 0.254 e. The maximum absolute atomic E-state index is 11.7. The summed E-state index contributed by atoms with van der Waals surface area (Å²) in [6, 6.07) is 11.4. The van der Waals surface area contributed by atoms with Crippen LogP contribution in [0.1, 0.15) is 24.8 Å². The van der Waals surface area contributed by atoms with E-state index in [4.69, 9.17) is 5.73 Å². The van der Waals surface area contributed by atoms with E-state index in [0.29, 0.717) is 18.3 Å². The van der Waals surface area contributed by atoms with E-state index in [1.165, 1.54) is 6.07 Å². The molecule has 3 atom stereocenters. The van der Waals surface area contributed by atoms with Gasteiger partial charge in [0, 0.05) is 25.1 Å². The van der Waals surface area contributed by atoms with Gasteiger partial charge in [-0.1, -0.05) is 30.3 Å². The van der Waals surface area contributed by atoms with Gasteiger partial charge in [0.05, 0.1) is 5.60 Å². The predicted octanol–water partition coefficient (Wildman–Crippen LogP) is 1.48. The number of hydrogen-bond acceptors (Lipinski definition) is 5. The van der Waals surface area contributed by atoms with Gasteiger partial charge in [-0.2, -0.15) is 4.98 Å². The van der Waals surface area contributed by atoms with Crippen molar-refractivity contribution in [3.63, 3.8) is 0 Å². The zero-order chi connectivity index (χ0) is 16.7. The first-order chi connectivity index (χ1) is 11.6. The molecule has 24 heavy (non-hydrogen) atoms. The number of rotatable bonds is 2. The molecule has 2 heterocycles. The van der Waals surface area contributed by atoms with Gasteiger partial charge in [0.15, 0.2) is 0 Å². The molecule has 6 nitrogen and oxygen atoms in total. The second kappa shape index (κ2) is 5.63. The van der Waals surface area contributed by atoms with Gasteiger partial charge in [0.2, 0.25) is 5.95 Å². The molecule has 1 aromatic carbocycles. The minimum atomic E-state index is -0.814. The molecule has 1 aliphatic heterocycles. The molecule has 4 N–H and O–H groups in total. The second-order valence-electron chi connectivity index (χ2n) is 6.94. The van der Waals surface area contributed by atoms with Crippen molar-refractivity contribution in [1.82, 2.24) is 9.97 Å². The highest BCUT2D eigenvalue weighted by molar-refractivity contribution is 5.43. The Morgan fingerprint density at radius 1 is 1.29 bits per heavy atom. The van der Waals surface area contributed by atoms with E-state index >= 15 is 0 Å². The number of nitrogen functional groups attached to an aromatic ring is 1. The molecule has 1 aromatic heterocycles. The molecule has 4 rings (SSSR count). The van der Waals surface area contributed by atoms with Crippen molar-refractivity contribution in [1.29, 1.82) is 0 Å². The molecule has 126 valence electrons. The van der Waals surface area contributed by atoms with Crippen molar-refractivity contribution in [2.45, 2.75) is 24.9 Å². The van der Waals surface area contributed by atoms with Crippen LogP contribution in [-0.4, -0.2) is 28.2 Å². The van der Waals surface area contributed by atoms with Crippen LogP contribution >= 0.6 is 0 Å². The summed E-state index contributed by atoms with van der Waals surface area (Å²) in [7, 11) is 0. The lowest BCUT2D eigenvalue weighted by Gasteiger charge is -2.41. The Labute approximate surface area is 140 Å². The van der Waals surface area contributed by atoms with Gasteiger partial charge >= 0.3 is 0 Å². The number of aromatic amines is 1. The quantitative estimate of drug-likeness (QED) is 0.777. The Kier molecular flexibility index (Phi) is 3.57. The predicted molar refractivity (Wildman–Crippen MR) is 92.7 cm³/mol. The number of nitrogens with zero attached hydrogens (tertiary/aromatic N) is 2. The first-order valence-electron chi connectivity index (χ1n) is 8.46. The van der Waals surface area contributed by atoms with Gasteiger partial charge in [-0.15, -0.1) is 0 Å². The molecule has 1 saturated heterocycles. The molecule has 2 aromatic rings. The van der Waals surface area contributed by atoms with Crippen LogP contribution in [-0.2, 0) is 5.60 Å². The lowest BCUT2D eigenvalue weighted by Crippen LogP contribution is -2.42. The SMILES string of the molecule is Nc1nc(N2C[C@@H]3CCC[C@@](O)(c4ccccc4)[C@@H]3C2)cc(=O)[nH]1. The minimum absolute atomic E-state index is 0.130. The summed E-state index contributed by atoms with van der Waals surface area (Å²) >= 11 is 0. The van der Waals surface area contributed by atoms with Crippen LogP contribution in [0.5, 0.6) is 0 Å². The third-order valence-corrected chi connectivity index (χ3v) is 5.53. The number of nitrogens with two attached hydrogens (primary N) is 1. The Bertz CT molecular complexity index is 791. The minimum Gasteiger partial charge on any atom is -0.385 e. The van der Waals surface area contributed by atoms with Crippen LogP contribution < -0.4 is 16.2 Å². The number of fused-ring (bicyclic) bond motifs is 1. The molecule has 6 heteroatoms. The van der Waals surface area contributed by atoms with Crippen molar-refractivity contribution < 1.29 is 5.11 Å². The molecule has 0 spiro atoms. The number of H-pyrrole nitrogens is 1. The summed E-state index contributed by atoms with van der Waals surface area (Å²) in [5.74, 6) is 1.26. The van der Waals surface area contributed by atoms with Crippen LogP contribution in [0.4, 0.5) is 11.8 Å². The number of nitrogens with one attached hydrogen (secondary N) is 1. The van der Waals surface area contributed by atoms with Gasteiger partial charge in [-0.3, -0.25) is 9.78 Å². The molecule has 0 bridgehead atoms. The van der Waals surface area contributed by atoms with Gasteiger partial charge in [-0.25, -0.2) is 0 Å². The first-order valence-corrected chi connectivity index (χ1v) is 8.46. The van der Waals surface area contributed by atoms with Gasteiger partial charge in [0.25, 0.3) is 5.56 Å².